The van der Waals surface area contributed by atoms with Gasteiger partial charge in [0.15, 0.2) is 5.11 Å². The van der Waals surface area contributed by atoms with Gasteiger partial charge in [-0.3, -0.25) is 9.97 Å². The first-order valence-electron chi connectivity index (χ1n) is 8.85. The van der Waals surface area contributed by atoms with E-state index in [4.69, 9.17) is 12.2 Å². The summed E-state index contributed by atoms with van der Waals surface area (Å²) in [7, 11) is 0. The van der Waals surface area contributed by atoms with E-state index >= 15 is 0 Å². The minimum absolute atomic E-state index is 0.0192. The van der Waals surface area contributed by atoms with Crippen molar-refractivity contribution in [3.8, 4) is 5.69 Å². The summed E-state index contributed by atoms with van der Waals surface area (Å²) in [5.74, 6) is 0. The molecule has 2 atom stereocenters. The summed E-state index contributed by atoms with van der Waals surface area (Å²) in [6, 6.07) is 14.4. The maximum absolute atomic E-state index is 5.66. The van der Waals surface area contributed by atoms with Crippen molar-refractivity contribution in [2.24, 2.45) is 0 Å². The van der Waals surface area contributed by atoms with Crippen LogP contribution in [0.25, 0.3) is 5.69 Å². The molecule has 1 fully saturated rings. The van der Waals surface area contributed by atoms with Gasteiger partial charge in [0.2, 0.25) is 0 Å². The highest BCUT2D eigenvalue weighted by atomic mass is 32.1. The van der Waals surface area contributed by atoms with Crippen LogP contribution in [0.1, 0.15) is 36.8 Å². The van der Waals surface area contributed by atoms with E-state index < -0.39 is 0 Å². The second-order valence-corrected chi connectivity index (χ2v) is 6.72. The molecule has 6 heteroatoms. The van der Waals surface area contributed by atoms with Gasteiger partial charge in [-0.15, -0.1) is 0 Å². The van der Waals surface area contributed by atoms with E-state index in [1.807, 2.05) is 42.9 Å². The zero-order chi connectivity index (χ0) is 17.9. The van der Waals surface area contributed by atoms with E-state index in [2.05, 4.69) is 56.1 Å². The van der Waals surface area contributed by atoms with Crippen molar-refractivity contribution in [3.05, 3.63) is 78.6 Å². The molecule has 3 aromatic rings. The first-order valence-corrected chi connectivity index (χ1v) is 9.26. The highest BCUT2D eigenvalue weighted by molar-refractivity contribution is 7.80. The van der Waals surface area contributed by atoms with Crippen molar-refractivity contribution in [1.82, 2.24) is 24.8 Å². The van der Waals surface area contributed by atoms with Crippen molar-refractivity contribution in [2.75, 3.05) is 6.54 Å². The van der Waals surface area contributed by atoms with Gasteiger partial charge in [-0.05, 0) is 55.0 Å². The van der Waals surface area contributed by atoms with Gasteiger partial charge in [-0.2, -0.15) is 0 Å². The minimum atomic E-state index is 0.0192. The lowest BCUT2D eigenvalue weighted by atomic mass is 10.0. The third kappa shape index (κ3) is 2.97. The molecule has 0 radical (unpaired) electrons. The molecule has 4 heterocycles. The van der Waals surface area contributed by atoms with E-state index in [-0.39, 0.29) is 12.1 Å². The molecule has 132 valence electrons. The van der Waals surface area contributed by atoms with Crippen LogP contribution in [0.4, 0.5) is 0 Å². The average molecular weight is 363 g/mol. The molecule has 0 saturated carbocycles. The van der Waals surface area contributed by atoms with Gasteiger partial charge in [0, 0.05) is 42.7 Å². The lowest BCUT2D eigenvalue weighted by Crippen LogP contribution is -2.31. The van der Waals surface area contributed by atoms with Crippen LogP contribution in [0, 0.1) is 0 Å². The highest BCUT2D eigenvalue weighted by Crippen LogP contribution is 2.39. The normalized spacial score (nSPS) is 19.6. The van der Waals surface area contributed by atoms with Crippen LogP contribution < -0.4 is 5.32 Å². The molecule has 0 aliphatic carbocycles. The van der Waals surface area contributed by atoms with Crippen LogP contribution >= 0.6 is 12.2 Å². The fourth-order valence-corrected chi connectivity index (χ4v) is 3.92. The molecule has 0 unspecified atom stereocenters. The topological polar surface area (TPSA) is 46.0 Å². The summed E-state index contributed by atoms with van der Waals surface area (Å²) in [5, 5.41) is 4.28. The summed E-state index contributed by atoms with van der Waals surface area (Å²) in [6.45, 7) is 3.08. The lowest BCUT2D eigenvalue weighted by Gasteiger charge is -2.28. The molecule has 1 aliphatic heterocycles. The summed E-state index contributed by atoms with van der Waals surface area (Å²) < 4.78 is 2.21. The van der Waals surface area contributed by atoms with Crippen LogP contribution in [-0.4, -0.2) is 31.1 Å². The molecule has 1 aliphatic rings. The molecule has 0 aromatic carbocycles. The quantitative estimate of drug-likeness (QED) is 0.701. The zero-order valence-corrected chi connectivity index (χ0v) is 15.4. The van der Waals surface area contributed by atoms with E-state index in [1.165, 1.54) is 5.69 Å². The van der Waals surface area contributed by atoms with Crippen molar-refractivity contribution < 1.29 is 0 Å². The van der Waals surface area contributed by atoms with E-state index in [1.54, 1.807) is 0 Å². The zero-order valence-electron chi connectivity index (χ0n) is 14.6. The standard InChI is InChI=1S/C20H21N5S/c1-2-13-25-19(18(23-20(25)26)16-6-3-4-10-22-16)17-7-5-14-24(17)15-8-11-21-12-9-15/h3-12,14,18-19H,2,13H2,1H3,(H,23,26)/t18-,19-/m1/s1. The Morgan fingerprint density at radius 3 is 2.65 bits per heavy atom. The van der Waals surface area contributed by atoms with Crippen LogP contribution in [0.2, 0.25) is 0 Å². The average Bonchev–Trinajstić information content (AvgIpc) is 3.28. The number of hydrogen-bond acceptors (Lipinski definition) is 3. The van der Waals surface area contributed by atoms with Crippen molar-refractivity contribution in [1.29, 1.82) is 0 Å². The van der Waals surface area contributed by atoms with Crippen LogP contribution in [0.3, 0.4) is 0 Å². The molecule has 0 bridgehead atoms. The Balaban J connectivity index is 1.81. The summed E-state index contributed by atoms with van der Waals surface area (Å²) in [6.07, 6.45) is 8.59. The molecular weight excluding hydrogens is 342 g/mol. The molecule has 0 amide bonds. The Hall–Kier alpha value is -2.73. The Morgan fingerprint density at radius 1 is 1.08 bits per heavy atom. The Bertz CT molecular complexity index is 877. The van der Waals surface area contributed by atoms with Crippen LogP contribution in [0.5, 0.6) is 0 Å². The van der Waals surface area contributed by atoms with Gasteiger partial charge >= 0.3 is 0 Å². The van der Waals surface area contributed by atoms with Gasteiger partial charge < -0.3 is 14.8 Å². The van der Waals surface area contributed by atoms with Crippen molar-refractivity contribution in [3.63, 3.8) is 0 Å². The number of pyridine rings is 2. The SMILES string of the molecule is CCCN1C(=S)N[C@H](c2ccccn2)[C@H]1c1cccn1-c1ccncc1. The Morgan fingerprint density at radius 2 is 1.92 bits per heavy atom. The molecule has 5 nitrogen and oxygen atoms in total. The molecule has 3 aromatic heterocycles. The van der Waals surface area contributed by atoms with E-state index in [0.717, 1.165) is 29.5 Å². The first-order chi connectivity index (χ1) is 12.8. The molecule has 0 spiro atoms. The summed E-state index contributed by atoms with van der Waals surface area (Å²) >= 11 is 5.66. The molecule has 4 rings (SSSR count). The fourth-order valence-electron chi connectivity index (χ4n) is 3.58. The summed E-state index contributed by atoms with van der Waals surface area (Å²) in [4.78, 5) is 11.0. The molecule has 1 N–H and O–H groups in total. The Labute approximate surface area is 158 Å². The molecular formula is C20H21N5S. The number of rotatable bonds is 5. The van der Waals surface area contributed by atoms with Gasteiger partial charge in [0.05, 0.1) is 17.8 Å². The second kappa shape index (κ2) is 7.25. The minimum Gasteiger partial charge on any atom is -0.352 e. The number of nitrogens with one attached hydrogen (secondary N) is 1. The maximum atomic E-state index is 5.66. The fraction of sp³-hybridized carbons (Fsp3) is 0.250. The number of aromatic nitrogens is 3. The maximum Gasteiger partial charge on any atom is 0.170 e. The Kier molecular flexibility index (Phi) is 4.67. The third-order valence-electron chi connectivity index (χ3n) is 4.69. The first kappa shape index (κ1) is 16.7. The number of nitrogens with zero attached hydrogens (tertiary/aromatic N) is 4. The lowest BCUT2D eigenvalue weighted by molar-refractivity contribution is 0.309. The van der Waals surface area contributed by atoms with Gasteiger partial charge in [-0.25, -0.2) is 0 Å². The van der Waals surface area contributed by atoms with Crippen LogP contribution in [0.15, 0.2) is 67.3 Å². The highest BCUT2D eigenvalue weighted by Gasteiger charge is 2.40. The predicted octanol–water partition coefficient (Wildman–Crippen LogP) is 3.65. The molecule has 26 heavy (non-hydrogen) atoms. The third-order valence-corrected chi connectivity index (χ3v) is 5.04. The van der Waals surface area contributed by atoms with Crippen molar-refractivity contribution >= 4 is 17.3 Å². The number of hydrogen-bond donors (Lipinski definition) is 1. The predicted molar refractivity (Wildman–Crippen MR) is 106 cm³/mol. The van der Waals surface area contributed by atoms with Crippen LogP contribution in [-0.2, 0) is 0 Å². The molecule has 1 saturated heterocycles. The second-order valence-electron chi connectivity index (χ2n) is 6.33. The van der Waals surface area contributed by atoms with E-state index in [0.29, 0.717) is 0 Å². The number of thiocarbonyl (C=S) groups is 1. The van der Waals surface area contributed by atoms with Gasteiger partial charge in [0.25, 0.3) is 0 Å². The van der Waals surface area contributed by atoms with Crippen molar-refractivity contribution in [2.45, 2.75) is 25.4 Å². The van der Waals surface area contributed by atoms with Gasteiger partial charge in [-0.1, -0.05) is 13.0 Å². The largest absolute Gasteiger partial charge is 0.352 e. The van der Waals surface area contributed by atoms with Gasteiger partial charge in [0.1, 0.15) is 0 Å². The van der Waals surface area contributed by atoms with E-state index in [9.17, 15) is 0 Å². The summed E-state index contributed by atoms with van der Waals surface area (Å²) in [5.41, 5.74) is 3.28. The monoisotopic (exact) mass is 363 g/mol. The smallest absolute Gasteiger partial charge is 0.170 e.